The third-order valence-electron chi connectivity index (χ3n) is 3.14. The highest BCUT2D eigenvalue weighted by molar-refractivity contribution is 5.25. The minimum Gasteiger partial charge on any atom is -0.477 e. The van der Waals surface area contributed by atoms with Crippen LogP contribution in [-0.4, -0.2) is 17.1 Å². The van der Waals surface area contributed by atoms with Crippen LogP contribution in [0, 0.1) is 12.8 Å². The topological polar surface area (TPSA) is 34.1 Å². The zero-order valence-electron chi connectivity index (χ0n) is 11.9. The van der Waals surface area contributed by atoms with Gasteiger partial charge in [-0.1, -0.05) is 6.07 Å². The van der Waals surface area contributed by atoms with Crippen molar-refractivity contribution in [1.82, 2.24) is 10.3 Å². The van der Waals surface area contributed by atoms with Gasteiger partial charge in [-0.15, -0.1) is 0 Å². The van der Waals surface area contributed by atoms with Crippen LogP contribution in [0.2, 0.25) is 0 Å². The van der Waals surface area contributed by atoms with Gasteiger partial charge < -0.3 is 10.1 Å². The fourth-order valence-electron chi connectivity index (χ4n) is 1.68. The zero-order valence-corrected chi connectivity index (χ0v) is 11.9. The number of pyridine rings is 1. The first-order valence-electron chi connectivity index (χ1n) is 6.78. The van der Waals surface area contributed by atoms with Crippen molar-refractivity contribution in [3.05, 3.63) is 23.4 Å². The van der Waals surface area contributed by atoms with Gasteiger partial charge in [-0.25, -0.2) is 4.98 Å². The van der Waals surface area contributed by atoms with Crippen LogP contribution in [0.4, 0.5) is 0 Å². The minimum absolute atomic E-state index is 0.133. The van der Waals surface area contributed by atoms with E-state index in [0.717, 1.165) is 30.6 Å². The van der Waals surface area contributed by atoms with E-state index in [1.807, 2.05) is 13.0 Å². The van der Waals surface area contributed by atoms with Crippen LogP contribution >= 0.6 is 0 Å². The molecule has 2 rings (SSSR count). The maximum absolute atomic E-state index is 5.68. The van der Waals surface area contributed by atoms with Crippen LogP contribution in [0.15, 0.2) is 12.1 Å². The van der Waals surface area contributed by atoms with Crippen LogP contribution in [0.1, 0.15) is 44.9 Å². The van der Waals surface area contributed by atoms with E-state index in [9.17, 15) is 0 Å². The molecule has 1 N–H and O–H groups in total. The fourth-order valence-corrected chi connectivity index (χ4v) is 1.68. The molecule has 0 aliphatic heterocycles. The molecule has 0 bridgehead atoms. The summed E-state index contributed by atoms with van der Waals surface area (Å²) in [6, 6.07) is 4.10. The van der Waals surface area contributed by atoms with Gasteiger partial charge in [0.25, 0.3) is 0 Å². The van der Waals surface area contributed by atoms with Crippen molar-refractivity contribution in [3.63, 3.8) is 0 Å². The maximum atomic E-state index is 5.68. The summed E-state index contributed by atoms with van der Waals surface area (Å²) in [7, 11) is 0. The van der Waals surface area contributed by atoms with Crippen molar-refractivity contribution in [2.75, 3.05) is 6.61 Å². The third-order valence-corrected chi connectivity index (χ3v) is 3.14. The van der Waals surface area contributed by atoms with Gasteiger partial charge in [-0.2, -0.15) is 0 Å². The van der Waals surface area contributed by atoms with E-state index < -0.39 is 0 Å². The Morgan fingerprint density at radius 3 is 2.61 bits per heavy atom. The van der Waals surface area contributed by atoms with E-state index in [4.69, 9.17) is 4.74 Å². The molecule has 0 atom stereocenters. The molecule has 0 amide bonds. The second-order valence-electron chi connectivity index (χ2n) is 6.25. The average Bonchev–Trinajstić information content (AvgIpc) is 3.07. The summed E-state index contributed by atoms with van der Waals surface area (Å²) in [4.78, 5) is 4.51. The van der Waals surface area contributed by atoms with Gasteiger partial charge in [-0.3, -0.25) is 0 Å². The number of ether oxygens (including phenoxy) is 1. The first-order chi connectivity index (χ1) is 8.44. The summed E-state index contributed by atoms with van der Waals surface area (Å²) in [6.07, 6.45) is 2.62. The van der Waals surface area contributed by atoms with Crippen LogP contribution in [0.25, 0.3) is 0 Å². The Balaban J connectivity index is 1.91. The van der Waals surface area contributed by atoms with Gasteiger partial charge in [-0.05, 0) is 52.0 Å². The van der Waals surface area contributed by atoms with E-state index in [-0.39, 0.29) is 5.54 Å². The van der Waals surface area contributed by atoms with Gasteiger partial charge >= 0.3 is 0 Å². The molecule has 0 spiro atoms. The van der Waals surface area contributed by atoms with Gasteiger partial charge in [0.1, 0.15) is 0 Å². The number of aryl methyl sites for hydroxylation is 1. The second-order valence-corrected chi connectivity index (χ2v) is 6.25. The summed E-state index contributed by atoms with van der Waals surface area (Å²) >= 11 is 0. The molecule has 0 radical (unpaired) electrons. The van der Waals surface area contributed by atoms with Gasteiger partial charge in [0.15, 0.2) is 0 Å². The number of nitrogens with zero attached hydrogens (tertiary/aromatic N) is 1. The third kappa shape index (κ3) is 4.30. The van der Waals surface area contributed by atoms with Crippen molar-refractivity contribution < 1.29 is 4.74 Å². The molecule has 0 unspecified atom stereocenters. The Kier molecular flexibility index (Phi) is 3.91. The van der Waals surface area contributed by atoms with Crippen LogP contribution in [0.5, 0.6) is 5.88 Å². The molecule has 1 fully saturated rings. The summed E-state index contributed by atoms with van der Waals surface area (Å²) in [5, 5.41) is 3.48. The Labute approximate surface area is 110 Å². The largest absolute Gasteiger partial charge is 0.477 e. The molecule has 3 nitrogen and oxygen atoms in total. The minimum atomic E-state index is 0.133. The second kappa shape index (κ2) is 5.27. The first kappa shape index (κ1) is 13.3. The highest BCUT2D eigenvalue weighted by Crippen LogP contribution is 2.29. The maximum Gasteiger partial charge on any atom is 0.213 e. The summed E-state index contributed by atoms with van der Waals surface area (Å²) in [5.41, 5.74) is 2.43. The van der Waals surface area contributed by atoms with Crippen molar-refractivity contribution in [2.45, 2.75) is 52.6 Å². The van der Waals surface area contributed by atoms with E-state index in [1.165, 1.54) is 18.4 Å². The quantitative estimate of drug-likeness (QED) is 0.869. The standard InChI is InChI=1S/C15H24N2O/c1-11-13(9-16-15(2,3)4)7-8-14(17-11)18-10-12-5-6-12/h7-8,12,16H,5-6,9-10H2,1-4H3. The number of aromatic nitrogens is 1. The molecule has 1 aromatic heterocycles. The molecule has 0 saturated heterocycles. The normalized spacial score (nSPS) is 15.8. The van der Waals surface area contributed by atoms with E-state index in [0.29, 0.717) is 0 Å². The van der Waals surface area contributed by atoms with Gasteiger partial charge in [0.05, 0.1) is 6.61 Å². The molecule has 100 valence electrons. The molecule has 0 aromatic carbocycles. The molecule has 1 aromatic rings. The lowest BCUT2D eigenvalue weighted by Crippen LogP contribution is -2.35. The predicted molar refractivity (Wildman–Crippen MR) is 73.8 cm³/mol. The molecule has 1 saturated carbocycles. The number of hydrogen-bond donors (Lipinski definition) is 1. The number of rotatable bonds is 5. The Morgan fingerprint density at radius 1 is 1.33 bits per heavy atom. The lowest BCUT2D eigenvalue weighted by Gasteiger charge is -2.21. The van der Waals surface area contributed by atoms with E-state index in [1.54, 1.807) is 0 Å². The summed E-state index contributed by atoms with van der Waals surface area (Å²) in [5.74, 6) is 1.54. The van der Waals surface area contributed by atoms with Crippen LogP contribution < -0.4 is 10.1 Å². The summed E-state index contributed by atoms with van der Waals surface area (Å²) in [6.45, 7) is 10.2. The van der Waals surface area contributed by atoms with E-state index in [2.05, 4.69) is 37.1 Å². The van der Waals surface area contributed by atoms with Crippen LogP contribution in [-0.2, 0) is 6.54 Å². The smallest absolute Gasteiger partial charge is 0.213 e. The van der Waals surface area contributed by atoms with Crippen molar-refractivity contribution in [2.24, 2.45) is 5.92 Å². The fraction of sp³-hybridized carbons (Fsp3) is 0.667. The van der Waals surface area contributed by atoms with E-state index >= 15 is 0 Å². The number of nitrogens with one attached hydrogen (secondary N) is 1. The summed E-state index contributed by atoms with van der Waals surface area (Å²) < 4.78 is 5.68. The Hall–Kier alpha value is -1.09. The highest BCUT2D eigenvalue weighted by Gasteiger charge is 2.22. The van der Waals surface area contributed by atoms with Gasteiger partial charge in [0, 0.05) is 23.8 Å². The first-order valence-corrected chi connectivity index (χ1v) is 6.78. The molecule has 18 heavy (non-hydrogen) atoms. The van der Waals surface area contributed by atoms with Gasteiger partial charge in [0.2, 0.25) is 5.88 Å². The SMILES string of the molecule is Cc1nc(OCC2CC2)ccc1CNC(C)(C)C. The van der Waals surface area contributed by atoms with Crippen LogP contribution in [0.3, 0.4) is 0 Å². The lowest BCUT2D eigenvalue weighted by molar-refractivity contribution is 0.287. The molecule has 1 aliphatic rings. The zero-order chi connectivity index (χ0) is 13.2. The predicted octanol–water partition coefficient (Wildman–Crippen LogP) is 3.07. The Bertz CT molecular complexity index is 405. The molecular weight excluding hydrogens is 224 g/mol. The lowest BCUT2D eigenvalue weighted by atomic mass is 10.1. The highest BCUT2D eigenvalue weighted by atomic mass is 16.5. The average molecular weight is 248 g/mol. The molecular formula is C15H24N2O. The molecule has 3 heteroatoms. The van der Waals surface area contributed by atoms with Crippen molar-refractivity contribution >= 4 is 0 Å². The molecule has 1 aliphatic carbocycles. The number of hydrogen-bond acceptors (Lipinski definition) is 3. The van der Waals surface area contributed by atoms with Crippen molar-refractivity contribution in [1.29, 1.82) is 0 Å². The molecule has 1 heterocycles. The van der Waals surface area contributed by atoms with Crippen molar-refractivity contribution in [3.8, 4) is 5.88 Å². The monoisotopic (exact) mass is 248 g/mol. The Morgan fingerprint density at radius 2 is 2.06 bits per heavy atom.